The number of hydrazone groups is 1. The molecule has 0 radical (unpaired) electrons. The third kappa shape index (κ3) is 5.37. The van der Waals surface area contributed by atoms with Gasteiger partial charge in [0.15, 0.2) is 5.75 Å². The summed E-state index contributed by atoms with van der Waals surface area (Å²) in [6, 6.07) is 14.6. The maximum absolute atomic E-state index is 11.1. The van der Waals surface area contributed by atoms with Gasteiger partial charge in [0.1, 0.15) is 12.1 Å². The van der Waals surface area contributed by atoms with Crippen LogP contribution in [-0.2, 0) is 0 Å². The van der Waals surface area contributed by atoms with E-state index in [1.807, 2.05) is 31.2 Å². The molecule has 2 aromatic carbocycles. The summed E-state index contributed by atoms with van der Waals surface area (Å²) in [5, 5.41) is 36.0. The van der Waals surface area contributed by atoms with Crippen LogP contribution in [0.4, 0.5) is 11.4 Å². The molecule has 0 aliphatic carbocycles. The van der Waals surface area contributed by atoms with Crippen LogP contribution < -0.4 is 10.3 Å². The molecule has 0 fully saturated rings. The second-order valence-corrected chi connectivity index (χ2v) is 5.40. The Balaban J connectivity index is 2.27. The van der Waals surface area contributed by atoms with E-state index in [0.717, 1.165) is 11.1 Å². The first kappa shape index (κ1) is 19.1. The number of nitrogens with one attached hydrogen (secondary N) is 1. The van der Waals surface area contributed by atoms with Gasteiger partial charge in [0.25, 0.3) is 5.69 Å². The molecule has 9 nitrogen and oxygen atoms in total. The number of rotatable bonds is 6. The third-order valence-corrected chi connectivity index (χ3v) is 3.37. The van der Waals surface area contributed by atoms with Crippen LogP contribution >= 0.6 is 0 Å². The fourth-order valence-corrected chi connectivity index (χ4v) is 1.97. The lowest BCUT2D eigenvalue weighted by molar-refractivity contribution is -0.384. The molecule has 0 aliphatic rings. The Kier molecular flexibility index (Phi) is 6.18. The summed E-state index contributed by atoms with van der Waals surface area (Å²) < 4.78 is 0. The Labute approximate surface area is 154 Å². The van der Waals surface area contributed by atoms with Crippen molar-refractivity contribution in [1.82, 2.24) is 0 Å². The van der Waals surface area contributed by atoms with Crippen molar-refractivity contribution in [1.29, 1.82) is 10.5 Å². The van der Waals surface area contributed by atoms with Gasteiger partial charge in [-0.3, -0.25) is 15.5 Å². The van der Waals surface area contributed by atoms with Crippen LogP contribution in [0.1, 0.15) is 18.1 Å². The summed E-state index contributed by atoms with van der Waals surface area (Å²) in [6.07, 6.45) is 0. The minimum Gasteiger partial charge on any atom is -0.356 e. The van der Waals surface area contributed by atoms with E-state index in [1.165, 1.54) is 18.2 Å². The summed E-state index contributed by atoms with van der Waals surface area (Å²) in [7, 11) is 0. The lowest BCUT2D eigenvalue weighted by Crippen LogP contribution is -2.00. The molecule has 134 valence electrons. The summed E-state index contributed by atoms with van der Waals surface area (Å²) in [4.78, 5) is 15.8. The minimum absolute atomic E-state index is 0.101. The van der Waals surface area contributed by atoms with Crippen LogP contribution in [0.15, 0.2) is 52.7 Å². The molecule has 0 spiro atoms. The number of hydrogen-bond acceptors (Lipinski definition) is 8. The lowest BCUT2D eigenvalue weighted by atomic mass is 10.1. The molecule has 2 rings (SSSR count). The highest BCUT2D eigenvalue weighted by Crippen LogP contribution is 2.26. The molecule has 0 aromatic heterocycles. The van der Waals surface area contributed by atoms with Crippen molar-refractivity contribution in [3.63, 3.8) is 0 Å². The highest BCUT2D eigenvalue weighted by Gasteiger charge is 2.11. The highest BCUT2D eigenvalue weighted by atomic mass is 16.6. The smallest absolute Gasteiger partial charge is 0.275 e. The quantitative estimate of drug-likeness (QED) is 0.474. The van der Waals surface area contributed by atoms with Crippen molar-refractivity contribution >= 4 is 22.8 Å². The second kappa shape index (κ2) is 8.74. The molecule has 9 heteroatoms. The summed E-state index contributed by atoms with van der Waals surface area (Å²) in [6.45, 7) is 3.72. The van der Waals surface area contributed by atoms with E-state index < -0.39 is 10.6 Å². The topological polar surface area (TPSA) is 137 Å². The van der Waals surface area contributed by atoms with Crippen LogP contribution in [0.25, 0.3) is 0 Å². The van der Waals surface area contributed by atoms with Gasteiger partial charge in [-0.2, -0.15) is 15.6 Å². The van der Waals surface area contributed by atoms with E-state index in [0.29, 0.717) is 5.71 Å². The number of nitro benzene ring substituents is 1. The van der Waals surface area contributed by atoms with E-state index in [-0.39, 0.29) is 17.1 Å². The van der Waals surface area contributed by atoms with Crippen molar-refractivity contribution < 1.29 is 9.76 Å². The van der Waals surface area contributed by atoms with E-state index in [1.54, 1.807) is 19.1 Å². The Morgan fingerprint density at radius 3 is 2.44 bits per heavy atom. The first-order chi connectivity index (χ1) is 12.9. The zero-order valence-corrected chi connectivity index (χ0v) is 14.5. The fourth-order valence-electron chi connectivity index (χ4n) is 1.97. The van der Waals surface area contributed by atoms with Gasteiger partial charge in [-0.1, -0.05) is 35.0 Å². The van der Waals surface area contributed by atoms with E-state index in [9.17, 15) is 10.1 Å². The van der Waals surface area contributed by atoms with Gasteiger partial charge < -0.3 is 4.84 Å². The van der Waals surface area contributed by atoms with Crippen LogP contribution in [0, 0.1) is 39.7 Å². The average Bonchev–Trinajstić information content (AvgIpc) is 2.67. The number of nitrogens with zero attached hydrogens (tertiary/aromatic N) is 5. The Hall–Kier alpha value is -4.24. The predicted octanol–water partition coefficient (Wildman–Crippen LogP) is 3.52. The monoisotopic (exact) mass is 362 g/mol. The molecule has 0 saturated carbocycles. The third-order valence-electron chi connectivity index (χ3n) is 3.37. The van der Waals surface area contributed by atoms with E-state index in [4.69, 9.17) is 15.4 Å². The number of nitriles is 2. The van der Waals surface area contributed by atoms with E-state index >= 15 is 0 Å². The number of benzene rings is 2. The molecule has 2 aromatic rings. The van der Waals surface area contributed by atoms with Crippen molar-refractivity contribution in [2.75, 3.05) is 5.43 Å². The molecule has 0 bridgehead atoms. The zero-order valence-electron chi connectivity index (χ0n) is 14.5. The molecule has 0 saturated heterocycles. The molecule has 0 unspecified atom stereocenters. The summed E-state index contributed by atoms with van der Waals surface area (Å²) >= 11 is 0. The van der Waals surface area contributed by atoms with Gasteiger partial charge in [0, 0.05) is 12.1 Å². The minimum atomic E-state index is -0.603. The SMILES string of the molecule is CC(=NOc1cc(NN=C(C#N)C#N)cc([N+](=O)[O-])c1)c1ccc(C)cc1. The maximum Gasteiger partial charge on any atom is 0.275 e. The van der Waals surface area contributed by atoms with Crippen LogP contribution in [0.3, 0.4) is 0 Å². The molecule has 27 heavy (non-hydrogen) atoms. The first-order valence-corrected chi connectivity index (χ1v) is 7.65. The molecular formula is C18H14N6O3. The van der Waals surface area contributed by atoms with Gasteiger partial charge in [-0.25, -0.2) is 0 Å². The normalized spacial score (nSPS) is 10.3. The molecule has 0 amide bonds. The predicted molar refractivity (Wildman–Crippen MR) is 99.4 cm³/mol. The van der Waals surface area contributed by atoms with Gasteiger partial charge >= 0.3 is 0 Å². The van der Waals surface area contributed by atoms with Crippen molar-refractivity contribution in [2.45, 2.75) is 13.8 Å². The number of nitro groups is 1. The van der Waals surface area contributed by atoms with Crippen molar-refractivity contribution in [2.24, 2.45) is 10.3 Å². The Morgan fingerprint density at radius 2 is 1.85 bits per heavy atom. The fraction of sp³-hybridized carbons (Fsp3) is 0.111. The molecule has 0 atom stereocenters. The number of anilines is 1. The molecule has 0 heterocycles. The van der Waals surface area contributed by atoms with Gasteiger partial charge in [0.05, 0.1) is 22.4 Å². The number of oxime groups is 1. The molecule has 1 N–H and O–H groups in total. The van der Waals surface area contributed by atoms with E-state index in [2.05, 4.69) is 15.7 Å². The summed E-state index contributed by atoms with van der Waals surface area (Å²) in [5.41, 5.74) is 4.45. The largest absolute Gasteiger partial charge is 0.356 e. The average molecular weight is 362 g/mol. The number of aryl methyl sites for hydroxylation is 1. The lowest BCUT2D eigenvalue weighted by Gasteiger charge is -2.05. The highest BCUT2D eigenvalue weighted by molar-refractivity contribution is 6.10. The first-order valence-electron chi connectivity index (χ1n) is 7.65. The Morgan fingerprint density at radius 1 is 1.19 bits per heavy atom. The van der Waals surface area contributed by atoms with Crippen molar-refractivity contribution in [3.05, 3.63) is 63.7 Å². The van der Waals surface area contributed by atoms with Gasteiger partial charge in [0.2, 0.25) is 5.71 Å². The number of hydrogen-bond donors (Lipinski definition) is 1. The molecule has 0 aliphatic heterocycles. The van der Waals surface area contributed by atoms with Crippen LogP contribution in [0.5, 0.6) is 5.75 Å². The van der Waals surface area contributed by atoms with Gasteiger partial charge in [-0.05, 0) is 19.4 Å². The second-order valence-electron chi connectivity index (χ2n) is 5.40. The zero-order chi connectivity index (χ0) is 19.8. The summed E-state index contributed by atoms with van der Waals surface area (Å²) in [5.74, 6) is 0.101. The van der Waals surface area contributed by atoms with Crippen LogP contribution in [0.2, 0.25) is 0 Å². The van der Waals surface area contributed by atoms with Gasteiger partial charge in [-0.15, -0.1) is 0 Å². The Bertz CT molecular complexity index is 981. The maximum atomic E-state index is 11.1. The molecular weight excluding hydrogens is 348 g/mol. The number of non-ortho nitro benzene ring substituents is 1. The van der Waals surface area contributed by atoms with Crippen molar-refractivity contribution in [3.8, 4) is 17.9 Å². The standard InChI is InChI=1S/C18H14N6O3/c1-12-3-5-14(6-4-12)13(2)23-27-18-8-15(7-17(9-18)24(25)26)21-22-16(10-19)11-20/h3-9,21H,1-2H3. The van der Waals surface area contributed by atoms with Crippen LogP contribution in [-0.4, -0.2) is 16.3 Å².